The lowest BCUT2D eigenvalue weighted by molar-refractivity contribution is 0.129. The van der Waals surface area contributed by atoms with Crippen LogP contribution in [0.4, 0.5) is 4.79 Å². The second kappa shape index (κ2) is 8.28. The molecular formula is C21H29N5O2S. The fourth-order valence-corrected chi connectivity index (χ4v) is 5.22. The quantitative estimate of drug-likeness (QED) is 0.815. The Labute approximate surface area is 175 Å². The molecule has 0 aromatic carbocycles. The molecule has 29 heavy (non-hydrogen) atoms. The molecule has 0 radical (unpaired) electrons. The number of thiazole rings is 1. The molecule has 0 spiro atoms. The Kier molecular flexibility index (Phi) is 5.74. The zero-order valence-corrected chi connectivity index (χ0v) is 18.1. The Hall–Kier alpha value is -2.19. The van der Waals surface area contributed by atoms with Gasteiger partial charge in [-0.1, -0.05) is 6.07 Å². The number of nitrogens with zero attached hydrogens (tertiary/aromatic N) is 4. The Morgan fingerprint density at radius 3 is 2.86 bits per heavy atom. The summed E-state index contributed by atoms with van der Waals surface area (Å²) in [7, 11) is 2.02. The zero-order valence-electron chi connectivity index (χ0n) is 17.3. The molecule has 7 nitrogen and oxygen atoms in total. The molecule has 2 aromatic heterocycles. The van der Waals surface area contributed by atoms with E-state index in [1.54, 1.807) is 11.3 Å². The first-order chi connectivity index (χ1) is 13.9. The van der Waals surface area contributed by atoms with Crippen LogP contribution < -0.4 is 10.9 Å². The number of carbonyl (C=O) groups is 1. The fourth-order valence-electron chi connectivity index (χ4n) is 4.52. The third kappa shape index (κ3) is 4.38. The maximum absolute atomic E-state index is 13.2. The largest absolute Gasteiger partial charge is 0.336 e. The first-order valence-electron chi connectivity index (χ1n) is 10.3. The summed E-state index contributed by atoms with van der Waals surface area (Å²) in [5.41, 5.74) is 2.00. The molecule has 2 aliphatic rings. The SMILES string of the molecule is CC(C)NC(=O)N1C[C@@H]2C[C@H](C1)c1ccc(CN(C)Cc3nccs3)c(=O)n1C2. The van der Waals surface area contributed by atoms with E-state index in [0.29, 0.717) is 25.6 Å². The number of pyridine rings is 1. The van der Waals surface area contributed by atoms with Gasteiger partial charge in [0.15, 0.2) is 0 Å². The van der Waals surface area contributed by atoms with Crippen molar-refractivity contribution in [2.45, 2.75) is 51.9 Å². The van der Waals surface area contributed by atoms with Crippen LogP contribution in [-0.2, 0) is 19.6 Å². The van der Waals surface area contributed by atoms with Crippen molar-refractivity contribution in [3.05, 3.63) is 50.3 Å². The molecule has 8 heteroatoms. The van der Waals surface area contributed by atoms with Gasteiger partial charge in [0.1, 0.15) is 5.01 Å². The minimum Gasteiger partial charge on any atom is -0.336 e. The number of aromatic nitrogens is 2. The fraction of sp³-hybridized carbons (Fsp3) is 0.571. The topological polar surface area (TPSA) is 70.5 Å². The van der Waals surface area contributed by atoms with Gasteiger partial charge in [-0.2, -0.15) is 0 Å². The smallest absolute Gasteiger partial charge is 0.317 e. The molecule has 1 saturated heterocycles. The third-order valence-electron chi connectivity index (χ3n) is 5.71. The highest BCUT2D eigenvalue weighted by molar-refractivity contribution is 7.09. The predicted molar refractivity (Wildman–Crippen MR) is 114 cm³/mol. The summed E-state index contributed by atoms with van der Waals surface area (Å²) in [6.45, 7) is 7.39. The van der Waals surface area contributed by atoms with Crippen LogP contribution in [0.25, 0.3) is 0 Å². The molecule has 156 valence electrons. The maximum Gasteiger partial charge on any atom is 0.317 e. The van der Waals surface area contributed by atoms with Gasteiger partial charge in [0.05, 0.1) is 6.54 Å². The van der Waals surface area contributed by atoms with Crippen molar-refractivity contribution in [2.75, 3.05) is 20.1 Å². The van der Waals surface area contributed by atoms with Crippen molar-refractivity contribution >= 4 is 17.4 Å². The number of rotatable bonds is 5. The van der Waals surface area contributed by atoms with E-state index in [0.717, 1.165) is 35.8 Å². The predicted octanol–water partition coefficient (Wildman–Crippen LogP) is 2.47. The molecule has 0 saturated carbocycles. The number of hydrogen-bond acceptors (Lipinski definition) is 5. The number of fused-ring (bicyclic) bond motifs is 4. The van der Waals surface area contributed by atoms with Crippen LogP contribution in [0, 0.1) is 5.92 Å². The van der Waals surface area contributed by atoms with Crippen molar-refractivity contribution in [3.8, 4) is 0 Å². The van der Waals surface area contributed by atoms with Gasteiger partial charge in [-0.15, -0.1) is 11.3 Å². The van der Waals surface area contributed by atoms with Crippen LogP contribution in [0.3, 0.4) is 0 Å². The Morgan fingerprint density at radius 1 is 1.31 bits per heavy atom. The number of amides is 2. The highest BCUT2D eigenvalue weighted by Gasteiger charge is 2.36. The first kappa shape index (κ1) is 20.1. The number of nitrogens with one attached hydrogen (secondary N) is 1. The number of hydrogen-bond donors (Lipinski definition) is 1. The van der Waals surface area contributed by atoms with Gasteiger partial charge in [-0.3, -0.25) is 9.69 Å². The summed E-state index contributed by atoms with van der Waals surface area (Å²) in [5, 5.41) is 6.02. The van der Waals surface area contributed by atoms with Gasteiger partial charge in [0.25, 0.3) is 5.56 Å². The van der Waals surface area contributed by atoms with E-state index < -0.39 is 0 Å². The summed E-state index contributed by atoms with van der Waals surface area (Å²) in [4.78, 5) is 34.0. The van der Waals surface area contributed by atoms with E-state index in [9.17, 15) is 9.59 Å². The minimum atomic E-state index is 0.00549. The lowest BCUT2D eigenvalue weighted by Gasteiger charge is -2.43. The Morgan fingerprint density at radius 2 is 2.14 bits per heavy atom. The minimum absolute atomic E-state index is 0.00549. The monoisotopic (exact) mass is 415 g/mol. The van der Waals surface area contributed by atoms with Gasteiger partial charge >= 0.3 is 6.03 Å². The second-order valence-corrected chi connectivity index (χ2v) is 9.58. The van der Waals surface area contributed by atoms with E-state index in [2.05, 4.69) is 21.3 Å². The zero-order chi connectivity index (χ0) is 20.5. The molecule has 2 bridgehead atoms. The lowest BCUT2D eigenvalue weighted by Crippen LogP contribution is -2.53. The van der Waals surface area contributed by atoms with Crippen LogP contribution in [-0.4, -0.2) is 51.6 Å². The molecule has 2 aliphatic heterocycles. The van der Waals surface area contributed by atoms with Crippen LogP contribution in [0.15, 0.2) is 28.5 Å². The Bertz CT molecular complexity index is 924. The standard InChI is InChI=1S/C21H29N5O2S/c1-14(2)23-21(28)25-9-15-8-17(12-25)18-5-4-16(20(27)26(18)10-15)11-24(3)13-19-22-6-7-29-19/h4-7,14-15,17H,8-13H2,1-3H3,(H,23,28)/t15-,17+/m0/s1. The number of likely N-dealkylation sites (tertiary alicyclic amines) is 1. The number of urea groups is 1. The van der Waals surface area contributed by atoms with Crippen molar-refractivity contribution < 1.29 is 4.79 Å². The summed E-state index contributed by atoms with van der Waals surface area (Å²) in [6, 6.07) is 4.20. The average molecular weight is 416 g/mol. The van der Waals surface area contributed by atoms with Gasteiger partial charge < -0.3 is 14.8 Å². The summed E-state index contributed by atoms with van der Waals surface area (Å²) in [6.07, 6.45) is 2.86. The molecule has 4 rings (SSSR count). The van der Waals surface area contributed by atoms with Crippen molar-refractivity contribution in [3.63, 3.8) is 0 Å². The van der Waals surface area contributed by atoms with E-state index in [1.165, 1.54) is 0 Å². The van der Waals surface area contributed by atoms with Crippen molar-refractivity contribution in [1.29, 1.82) is 0 Å². The summed E-state index contributed by atoms with van der Waals surface area (Å²) < 4.78 is 1.96. The van der Waals surface area contributed by atoms with Crippen LogP contribution in [0.5, 0.6) is 0 Å². The van der Waals surface area contributed by atoms with E-state index in [1.807, 2.05) is 48.0 Å². The molecule has 2 aromatic rings. The third-order valence-corrected chi connectivity index (χ3v) is 6.48. The lowest BCUT2D eigenvalue weighted by atomic mass is 9.83. The highest BCUT2D eigenvalue weighted by Crippen LogP contribution is 2.35. The summed E-state index contributed by atoms with van der Waals surface area (Å²) >= 11 is 1.63. The maximum atomic E-state index is 13.2. The van der Waals surface area contributed by atoms with Gasteiger partial charge in [-0.25, -0.2) is 9.78 Å². The van der Waals surface area contributed by atoms with Crippen molar-refractivity contribution in [2.24, 2.45) is 5.92 Å². The average Bonchev–Trinajstić information content (AvgIpc) is 3.16. The van der Waals surface area contributed by atoms with E-state index in [4.69, 9.17) is 0 Å². The normalized spacial score (nSPS) is 20.8. The molecule has 1 N–H and O–H groups in total. The van der Waals surface area contributed by atoms with Crippen LogP contribution >= 0.6 is 11.3 Å². The molecule has 0 unspecified atom stereocenters. The van der Waals surface area contributed by atoms with E-state index >= 15 is 0 Å². The van der Waals surface area contributed by atoms with Gasteiger partial charge in [-0.05, 0) is 39.3 Å². The molecular weight excluding hydrogens is 386 g/mol. The number of piperidine rings is 1. The Balaban J connectivity index is 1.50. The molecule has 2 amide bonds. The molecule has 4 heterocycles. The van der Waals surface area contributed by atoms with Crippen molar-refractivity contribution in [1.82, 2.24) is 24.7 Å². The summed E-state index contributed by atoms with van der Waals surface area (Å²) in [5.74, 6) is 0.565. The molecule has 0 aliphatic carbocycles. The van der Waals surface area contributed by atoms with Crippen LogP contribution in [0.2, 0.25) is 0 Å². The van der Waals surface area contributed by atoms with Crippen LogP contribution in [0.1, 0.15) is 42.5 Å². The van der Waals surface area contributed by atoms with Gasteiger partial charge in [0, 0.05) is 61.0 Å². The molecule has 2 atom stereocenters. The highest BCUT2D eigenvalue weighted by atomic mass is 32.1. The molecule has 1 fully saturated rings. The van der Waals surface area contributed by atoms with E-state index in [-0.39, 0.29) is 23.6 Å². The first-order valence-corrected chi connectivity index (χ1v) is 11.1. The second-order valence-electron chi connectivity index (χ2n) is 8.61. The number of carbonyl (C=O) groups excluding carboxylic acids is 1. The van der Waals surface area contributed by atoms with Gasteiger partial charge in [0.2, 0.25) is 0 Å².